The number of likely N-dealkylation sites (tertiary alicyclic amines) is 1. The van der Waals surface area contributed by atoms with Crippen LogP contribution in [0.1, 0.15) is 47.5 Å². The molecule has 3 aliphatic rings. The Morgan fingerprint density at radius 3 is 2.57 bits per heavy atom. The molecule has 2 heterocycles. The molecule has 0 bridgehead atoms. The Morgan fingerprint density at radius 2 is 1.83 bits per heavy atom. The SMILES string of the molecule is O=C(c1cccc(F)c1)N1C[C@@H]2[C@H](c3ccccc31)[C@@H](CO)N2C(=O)C1CCCC1. The maximum Gasteiger partial charge on any atom is 0.258 e. The summed E-state index contributed by atoms with van der Waals surface area (Å²) in [7, 11) is 0. The Bertz CT molecular complexity index is 988. The predicted octanol–water partition coefficient (Wildman–Crippen LogP) is 3.33. The third-order valence-corrected chi connectivity index (χ3v) is 6.96. The third kappa shape index (κ3) is 2.93. The number of carbonyl (C=O) groups is 2. The number of amides is 2. The van der Waals surface area contributed by atoms with Gasteiger partial charge < -0.3 is 14.9 Å². The number of halogens is 1. The molecule has 2 amide bonds. The van der Waals surface area contributed by atoms with Crippen LogP contribution in [0.2, 0.25) is 0 Å². The van der Waals surface area contributed by atoms with Crippen LogP contribution in [0.15, 0.2) is 48.5 Å². The van der Waals surface area contributed by atoms with Crippen LogP contribution in [0.4, 0.5) is 10.1 Å². The van der Waals surface area contributed by atoms with Crippen molar-refractivity contribution in [1.29, 1.82) is 0 Å². The Hall–Kier alpha value is -2.73. The lowest BCUT2D eigenvalue weighted by Gasteiger charge is -2.59. The molecule has 2 aromatic rings. The maximum atomic E-state index is 13.7. The second-order valence-electron chi connectivity index (χ2n) is 8.55. The quantitative estimate of drug-likeness (QED) is 0.848. The smallest absolute Gasteiger partial charge is 0.258 e. The number of aliphatic hydroxyl groups excluding tert-OH is 1. The van der Waals surface area contributed by atoms with Gasteiger partial charge in [0.25, 0.3) is 5.91 Å². The number of nitrogens with zero attached hydrogens (tertiary/aromatic N) is 2. The van der Waals surface area contributed by atoms with E-state index in [9.17, 15) is 19.1 Å². The van der Waals surface area contributed by atoms with E-state index in [2.05, 4.69) is 0 Å². The van der Waals surface area contributed by atoms with E-state index in [4.69, 9.17) is 0 Å². The fourth-order valence-electron chi connectivity index (χ4n) is 5.55. The Kier molecular flexibility index (Phi) is 4.82. The van der Waals surface area contributed by atoms with Crippen molar-refractivity contribution in [2.75, 3.05) is 18.1 Å². The van der Waals surface area contributed by atoms with Gasteiger partial charge in [-0.15, -0.1) is 0 Å². The van der Waals surface area contributed by atoms with Crippen molar-refractivity contribution in [2.24, 2.45) is 5.92 Å². The minimum absolute atomic E-state index is 0.00751. The summed E-state index contributed by atoms with van der Waals surface area (Å²) >= 11 is 0. The first-order valence-corrected chi connectivity index (χ1v) is 10.7. The highest BCUT2D eigenvalue weighted by Crippen LogP contribution is 2.49. The zero-order chi connectivity index (χ0) is 20.8. The molecule has 3 atom stereocenters. The van der Waals surface area contributed by atoms with E-state index >= 15 is 0 Å². The van der Waals surface area contributed by atoms with Gasteiger partial charge in [0, 0.05) is 29.6 Å². The topological polar surface area (TPSA) is 60.9 Å². The van der Waals surface area contributed by atoms with Crippen LogP contribution < -0.4 is 4.90 Å². The second-order valence-corrected chi connectivity index (χ2v) is 8.55. The number of hydrogen-bond acceptors (Lipinski definition) is 3. The molecule has 6 heteroatoms. The van der Waals surface area contributed by atoms with Crippen molar-refractivity contribution in [2.45, 2.75) is 43.7 Å². The zero-order valence-electron chi connectivity index (χ0n) is 16.7. The Morgan fingerprint density at radius 1 is 1.07 bits per heavy atom. The molecule has 0 aromatic heterocycles. The van der Waals surface area contributed by atoms with Crippen LogP contribution in [0.3, 0.4) is 0 Å². The summed E-state index contributed by atoms with van der Waals surface area (Å²) in [6, 6.07) is 12.9. The summed E-state index contributed by atoms with van der Waals surface area (Å²) in [4.78, 5) is 30.0. The standard InChI is InChI=1S/C24H25FN2O3/c25-17-9-5-8-16(12-17)23(29)26-13-20-22(18-10-3-4-11-19(18)26)21(14-28)27(20)24(30)15-6-1-2-7-15/h3-5,8-12,15,20-22,28H,1-2,6-7,13-14H2/t20-,21-,22+/m1/s1. The average molecular weight is 408 g/mol. The highest BCUT2D eigenvalue weighted by Gasteiger charge is 2.56. The van der Waals surface area contributed by atoms with Gasteiger partial charge in [0.2, 0.25) is 5.91 Å². The van der Waals surface area contributed by atoms with Crippen LogP contribution in [0.5, 0.6) is 0 Å². The first-order chi connectivity index (χ1) is 14.6. The molecule has 0 radical (unpaired) electrons. The van der Waals surface area contributed by atoms with Crippen molar-refractivity contribution in [1.82, 2.24) is 4.90 Å². The van der Waals surface area contributed by atoms with Gasteiger partial charge >= 0.3 is 0 Å². The summed E-state index contributed by atoms with van der Waals surface area (Å²) < 4.78 is 13.7. The molecular formula is C24H25FN2O3. The number of aliphatic hydroxyl groups is 1. The number of rotatable bonds is 3. The van der Waals surface area contributed by atoms with Gasteiger partial charge in [-0.05, 0) is 42.7 Å². The highest BCUT2D eigenvalue weighted by molar-refractivity contribution is 6.07. The van der Waals surface area contributed by atoms with Crippen LogP contribution in [-0.2, 0) is 4.79 Å². The van der Waals surface area contributed by atoms with Crippen molar-refractivity contribution in [3.63, 3.8) is 0 Å². The van der Waals surface area contributed by atoms with Gasteiger partial charge in [-0.2, -0.15) is 0 Å². The predicted molar refractivity (Wildman–Crippen MR) is 111 cm³/mol. The molecule has 2 aromatic carbocycles. The van der Waals surface area contributed by atoms with Gasteiger partial charge in [0.15, 0.2) is 0 Å². The van der Waals surface area contributed by atoms with Crippen molar-refractivity contribution >= 4 is 17.5 Å². The number of benzene rings is 2. The number of anilines is 1. The number of para-hydroxylation sites is 1. The van der Waals surface area contributed by atoms with Crippen LogP contribution >= 0.6 is 0 Å². The Balaban J connectivity index is 1.51. The monoisotopic (exact) mass is 408 g/mol. The molecule has 1 saturated heterocycles. The molecule has 0 unspecified atom stereocenters. The van der Waals surface area contributed by atoms with Gasteiger partial charge in [0.1, 0.15) is 5.82 Å². The first kappa shape index (κ1) is 19.2. The second kappa shape index (κ2) is 7.51. The van der Waals surface area contributed by atoms with Crippen LogP contribution in [0, 0.1) is 11.7 Å². The number of hydrogen-bond donors (Lipinski definition) is 1. The largest absolute Gasteiger partial charge is 0.394 e. The van der Waals surface area contributed by atoms with Crippen LogP contribution in [0.25, 0.3) is 0 Å². The molecule has 1 saturated carbocycles. The summed E-state index contributed by atoms with van der Waals surface area (Å²) in [6.45, 7) is 0.262. The summed E-state index contributed by atoms with van der Waals surface area (Å²) in [5.74, 6) is -0.602. The first-order valence-electron chi connectivity index (χ1n) is 10.7. The highest BCUT2D eigenvalue weighted by atomic mass is 19.1. The molecule has 2 fully saturated rings. The lowest BCUT2D eigenvalue weighted by atomic mass is 9.71. The van der Waals surface area contributed by atoms with E-state index in [0.29, 0.717) is 6.54 Å². The zero-order valence-corrected chi connectivity index (χ0v) is 16.7. The fourth-order valence-corrected chi connectivity index (χ4v) is 5.55. The van der Waals surface area contributed by atoms with E-state index in [0.717, 1.165) is 36.9 Å². The molecule has 30 heavy (non-hydrogen) atoms. The lowest BCUT2D eigenvalue weighted by molar-refractivity contribution is -0.154. The molecule has 5 nitrogen and oxygen atoms in total. The number of fused-ring (bicyclic) bond motifs is 3. The maximum absolute atomic E-state index is 13.7. The van der Waals surface area contributed by atoms with E-state index < -0.39 is 5.82 Å². The molecule has 1 N–H and O–H groups in total. The summed E-state index contributed by atoms with van der Waals surface area (Å²) in [5, 5.41) is 10.1. The molecule has 2 aliphatic heterocycles. The van der Waals surface area contributed by atoms with E-state index in [1.807, 2.05) is 29.2 Å². The minimum Gasteiger partial charge on any atom is -0.394 e. The minimum atomic E-state index is -0.453. The molecule has 156 valence electrons. The normalized spacial score (nSPS) is 25.5. The van der Waals surface area contributed by atoms with Crippen molar-refractivity contribution in [3.8, 4) is 0 Å². The van der Waals surface area contributed by atoms with Crippen molar-refractivity contribution in [3.05, 3.63) is 65.5 Å². The Labute approximate surface area is 175 Å². The average Bonchev–Trinajstić information content (AvgIpc) is 3.28. The molecule has 1 aliphatic carbocycles. The van der Waals surface area contributed by atoms with E-state index in [-0.39, 0.29) is 47.9 Å². The van der Waals surface area contributed by atoms with Gasteiger partial charge in [-0.1, -0.05) is 37.1 Å². The van der Waals surface area contributed by atoms with Gasteiger partial charge in [-0.3, -0.25) is 9.59 Å². The van der Waals surface area contributed by atoms with Gasteiger partial charge in [0.05, 0.1) is 18.7 Å². The summed E-state index contributed by atoms with van der Waals surface area (Å²) in [6.07, 6.45) is 3.92. The van der Waals surface area contributed by atoms with E-state index in [1.165, 1.54) is 18.2 Å². The van der Waals surface area contributed by atoms with Crippen LogP contribution in [-0.4, -0.2) is 47.1 Å². The van der Waals surface area contributed by atoms with Crippen molar-refractivity contribution < 1.29 is 19.1 Å². The molecule has 0 spiro atoms. The van der Waals surface area contributed by atoms with Gasteiger partial charge in [-0.25, -0.2) is 4.39 Å². The fraction of sp³-hybridized carbons (Fsp3) is 0.417. The number of carbonyl (C=O) groups excluding carboxylic acids is 2. The molecular weight excluding hydrogens is 383 g/mol. The lowest BCUT2D eigenvalue weighted by Crippen LogP contribution is -2.71. The third-order valence-electron chi connectivity index (χ3n) is 6.96. The van der Waals surface area contributed by atoms with E-state index in [1.54, 1.807) is 11.0 Å². The molecule has 5 rings (SSSR count). The summed E-state index contributed by atoms with van der Waals surface area (Å²) in [5.41, 5.74) is 2.03.